The molecule has 5 heteroatoms. The molecular weight excluding hydrogens is 261 g/mol. The molecule has 0 aliphatic rings. The zero-order chi connectivity index (χ0) is 14.5. The first kappa shape index (κ1) is 13.7. The Balaban J connectivity index is 2.08. The highest BCUT2D eigenvalue weighted by Crippen LogP contribution is 2.12. The average Bonchev–Trinajstić information content (AvgIpc) is 2.41. The molecule has 0 spiro atoms. The van der Waals surface area contributed by atoms with Crippen LogP contribution in [0.15, 0.2) is 48.5 Å². The number of hydrogen-bond acceptors (Lipinski definition) is 2. The summed E-state index contributed by atoms with van der Waals surface area (Å²) in [6.45, 7) is 0. The molecule has 0 aromatic heterocycles. The van der Waals surface area contributed by atoms with Crippen LogP contribution in [0.2, 0.25) is 0 Å². The predicted molar refractivity (Wildman–Crippen MR) is 72.1 cm³/mol. The van der Waals surface area contributed by atoms with Gasteiger partial charge in [-0.15, -0.1) is 0 Å². The highest BCUT2D eigenvalue weighted by atomic mass is 19.1. The smallest absolute Gasteiger partial charge is 0.335 e. The summed E-state index contributed by atoms with van der Waals surface area (Å²) in [6, 6.07) is 11.7. The van der Waals surface area contributed by atoms with Crippen LogP contribution in [0.1, 0.15) is 15.9 Å². The summed E-state index contributed by atoms with van der Waals surface area (Å²) in [5.41, 5.74) is 0.991. The standard InChI is InChI=1S/C15H12FNO3/c16-11-5-7-12(8-6-11)17-14(18)9-10-3-1-2-4-13(10)15(19)20/h1-8H,9H2,(H,17,18)(H,19,20). The van der Waals surface area contributed by atoms with Crippen molar-refractivity contribution in [2.45, 2.75) is 6.42 Å². The summed E-state index contributed by atoms with van der Waals surface area (Å²) in [4.78, 5) is 22.9. The fourth-order valence-electron chi connectivity index (χ4n) is 1.79. The van der Waals surface area contributed by atoms with E-state index < -0.39 is 5.97 Å². The number of halogens is 1. The number of carboxylic acids is 1. The summed E-state index contributed by atoms with van der Waals surface area (Å²) in [5, 5.41) is 11.6. The average molecular weight is 273 g/mol. The summed E-state index contributed by atoms with van der Waals surface area (Å²) in [6.07, 6.45) is -0.0557. The van der Waals surface area contributed by atoms with Crippen molar-refractivity contribution < 1.29 is 19.1 Å². The first-order chi connectivity index (χ1) is 9.56. The zero-order valence-corrected chi connectivity index (χ0v) is 10.5. The van der Waals surface area contributed by atoms with Crippen molar-refractivity contribution in [3.8, 4) is 0 Å². The van der Waals surface area contributed by atoms with Gasteiger partial charge in [-0.1, -0.05) is 18.2 Å². The Kier molecular flexibility index (Phi) is 4.10. The van der Waals surface area contributed by atoms with Gasteiger partial charge in [-0.25, -0.2) is 9.18 Å². The molecule has 2 N–H and O–H groups in total. The van der Waals surface area contributed by atoms with E-state index in [4.69, 9.17) is 5.11 Å². The highest BCUT2D eigenvalue weighted by Gasteiger charge is 2.12. The van der Waals surface area contributed by atoms with Gasteiger partial charge in [-0.05, 0) is 35.9 Å². The molecule has 102 valence electrons. The third-order valence-electron chi connectivity index (χ3n) is 2.73. The lowest BCUT2D eigenvalue weighted by molar-refractivity contribution is -0.115. The molecule has 0 bridgehead atoms. The quantitative estimate of drug-likeness (QED) is 0.900. The summed E-state index contributed by atoms with van der Waals surface area (Å²) in [7, 11) is 0. The molecule has 4 nitrogen and oxygen atoms in total. The van der Waals surface area contributed by atoms with Crippen molar-refractivity contribution in [3.05, 3.63) is 65.5 Å². The van der Waals surface area contributed by atoms with E-state index in [2.05, 4.69) is 5.32 Å². The number of carboxylic acid groups (broad SMARTS) is 1. The minimum absolute atomic E-state index is 0.0557. The number of benzene rings is 2. The molecule has 2 aromatic carbocycles. The summed E-state index contributed by atoms with van der Waals surface area (Å²) in [5.74, 6) is -1.82. The Labute approximate surface area is 114 Å². The van der Waals surface area contributed by atoms with Crippen molar-refractivity contribution in [3.63, 3.8) is 0 Å². The maximum absolute atomic E-state index is 12.7. The van der Waals surface area contributed by atoms with Crippen LogP contribution in [0.4, 0.5) is 10.1 Å². The number of hydrogen-bond donors (Lipinski definition) is 2. The Bertz CT molecular complexity index is 638. The van der Waals surface area contributed by atoms with Gasteiger partial charge in [-0.2, -0.15) is 0 Å². The van der Waals surface area contributed by atoms with Gasteiger partial charge < -0.3 is 10.4 Å². The van der Waals surface area contributed by atoms with Crippen LogP contribution >= 0.6 is 0 Å². The van der Waals surface area contributed by atoms with E-state index in [1.54, 1.807) is 18.2 Å². The van der Waals surface area contributed by atoms with E-state index in [0.29, 0.717) is 11.3 Å². The Morgan fingerprint density at radius 2 is 1.70 bits per heavy atom. The second-order valence-electron chi connectivity index (χ2n) is 4.19. The Hall–Kier alpha value is -2.69. The fraction of sp³-hybridized carbons (Fsp3) is 0.0667. The first-order valence-corrected chi connectivity index (χ1v) is 5.93. The number of aromatic carboxylic acids is 1. The molecule has 1 amide bonds. The summed E-state index contributed by atoms with van der Waals surface area (Å²) >= 11 is 0. The van der Waals surface area contributed by atoms with Crippen LogP contribution in [0.3, 0.4) is 0 Å². The van der Waals surface area contributed by atoms with E-state index >= 15 is 0 Å². The number of rotatable bonds is 4. The molecule has 0 aliphatic heterocycles. The van der Waals surface area contributed by atoms with Gasteiger partial charge in [0.2, 0.25) is 5.91 Å². The van der Waals surface area contributed by atoms with Gasteiger partial charge in [0.1, 0.15) is 5.82 Å². The molecule has 2 aromatic rings. The van der Waals surface area contributed by atoms with E-state index in [-0.39, 0.29) is 23.7 Å². The lowest BCUT2D eigenvalue weighted by Gasteiger charge is -2.07. The van der Waals surface area contributed by atoms with Crippen LogP contribution in [-0.4, -0.2) is 17.0 Å². The minimum Gasteiger partial charge on any atom is -0.478 e. The van der Waals surface area contributed by atoms with E-state index in [0.717, 1.165) is 0 Å². The first-order valence-electron chi connectivity index (χ1n) is 5.93. The van der Waals surface area contributed by atoms with Gasteiger partial charge in [0.15, 0.2) is 0 Å². The minimum atomic E-state index is -1.07. The van der Waals surface area contributed by atoms with Gasteiger partial charge in [0.25, 0.3) is 0 Å². The number of anilines is 1. The maximum Gasteiger partial charge on any atom is 0.335 e. The molecule has 2 rings (SSSR count). The predicted octanol–water partition coefficient (Wildman–Crippen LogP) is 2.71. The summed E-state index contributed by atoms with van der Waals surface area (Å²) < 4.78 is 12.7. The molecule has 0 radical (unpaired) electrons. The van der Waals surface area contributed by atoms with Gasteiger partial charge >= 0.3 is 5.97 Å². The largest absolute Gasteiger partial charge is 0.478 e. The highest BCUT2D eigenvalue weighted by molar-refractivity contribution is 5.95. The Morgan fingerprint density at radius 1 is 1.05 bits per heavy atom. The van der Waals surface area contributed by atoms with Crippen molar-refractivity contribution in [1.29, 1.82) is 0 Å². The number of nitrogens with one attached hydrogen (secondary N) is 1. The van der Waals surface area contributed by atoms with Crippen LogP contribution < -0.4 is 5.32 Å². The zero-order valence-electron chi connectivity index (χ0n) is 10.5. The number of carbonyl (C=O) groups excluding carboxylic acids is 1. The molecule has 0 fully saturated rings. The van der Waals surface area contributed by atoms with Crippen LogP contribution in [0, 0.1) is 5.82 Å². The molecule has 0 saturated carbocycles. The van der Waals surface area contributed by atoms with Crippen LogP contribution in [0.25, 0.3) is 0 Å². The van der Waals surface area contributed by atoms with Gasteiger partial charge in [0, 0.05) is 5.69 Å². The van der Waals surface area contributed by atoms with Gasteiger partial charge in [-0.3, -0.25) is 4.79 Å². The fourth-order valence-corrected chi connectivity index (χ4v) is 1.79. The van der Waals surface area contributed by atoms with Crippen LogP contribution in [0.5, 0.6) is 0 Å². The Morgan fingerprint density at radius 3 is 2.35 bits per heavy atom. The van der Waals surface area contributed by atoms with E-state index in [9.17, 15) is 14.0 Å². The molecule has 20 heavy (non-hydrogen) atoms. The van der Waals surface area contributed by atoms with Crippen molar-refractivity contribution in [2.75, 3.05) is 5.32 Å². The maximum atomic E-state index is 12.7. The van der Waals surface area contributed by atoms with Crippen molar-refractivity contribution >= 4 is 17.6 Å². The van der Waals surface area contributed by atoms with Gasteiger partial charge in [0.05, 0.1) is 12.0 Å². The number of carbonyl (C=O) groups is 2. The lowest BCUT2D eigenvalue weighted by Crippen LogP contribution is -2.16. The molecule has 0 aliphatic carbocycles. The SMILES string of the molecule is O=C(Cc1ccccc1C(=O)O)Nc1ccc(F)cc1. The third-order valence-corrected chi connectivity index (χ3v) is 2.73. The second kappa shape index (κ2) is 5.97. The number of amides is 1. The monoisotopic (exact) mass is 273 g/mol. The normalized spacial score (nSPS) is 10.1. The lowest BCUT2D eigenvalue weighted by atomic mass is 10.0. The van der Waals surface area contributed by atoms with Crippen molar-refractivity contribution in [2.24, 2.45) is 0 Å². The van der Waals surface area contributed by atoms with E-state index in [1.165, 1.54) is 30.3 Å². The molecule has 0 heterocycles. The third kappa shape index (κ3) is 3.41. The second-order valence-corrected chi connectivity index (χ2v) is 4.19. The topological polar surface area (TPSA) is 66.4 Å². The van der Waals surface area contributed by atoms with E-state index in [1.807, 2.05) is 0 Å². The van der Waals surface area contributed by atoms with Crippen LogP contribution in [-0.2, 0) is 11.2 Å². The molecule has 0 atom stereocenters. The molecule has 0 unspecified atom stereocenters. The van der Waals surface area contributed by atoms with Crippen molar-refractivity contribution in [1.82, 2.24) is 0 Å². The molecule has 0 saturated heterocycles. The molecular formula is C15H12FNO3.